The quantitative estimate of drug-likeness (QED) is 0.659. The zero-order valence-corrected chi connectivity index (χ0v) is 17.3. The molecule has 0 aliphatic carbocycles. The molecule has 0 spiro atoms. The lowest BCUT2D eigenvalue weighted by Crippen LogP contribution is -2.23. The van der Waals surface area contributed by atoms with E-state index in [0.29, 0.717) is 23.0 Å². The summed E-state index contributed by atoms with van der Waals surface area (Å²) in [5.74, 6) is 1.36. The van der Waals surface area contributed by atoms with Crippen LogP contribution in [0.15, 0.2) is 42.5 Å². The van der Waals surface area contributed by atoms with Gasteiger partial charge in [-0.05, 0) is 31.0 Å². The number of hydrogen-bond donors (Lipinski definition) is 2. The molecule has 2 aromatic carbocycles. The maximum absolute atomic E-state index is 12.7. The van der Waals surface area contributed by atoms with Gasteiger partial charge in [-0.2, -0.15) is 5.10 Å². The topological polar surface area (TPSA) is 94.5 Å². The van der Waals surface area contributed by atoms with Gasteiger partial charge in [0.15, 0.2) is 11.5 Å². The molecule has 1 unspecified atom stereocenters. The van der Waals surface area contributed by atoms with Crippen LogP contribution in [0.5, 0.6) is 11.5 Å². The molecule has 0 radical (unpaired) electrons. The monoisotopic (exact) mass is 418 g/mol. The summed E-state index contributed by atoms with van der Waals surface area (Å²) >= 11 is 0. The Balaban J connectivity index is 1.39. The highest BCUT2D eigenvalue weighted by molar-refractivity contribution is 6.04. The fourth-order valence-corrected chi connectivity index (χ4v) is 3.95. The first-order valence-corrected chi connectivity index (χ1v) is 10.2. The molecule has 2 aliphatic rings. The van der Waals surface area contributed by atoms with E-state index in [1.807, 2.05) is 38.1 Å². The van der Waals surface area contributed by atoms with Crippen molar-refractivity contribution in [2.75, 3.05) is 17.4 Å². The number of carbonyl (C=O) groups is 2. The van der Waals surface area contributed by atoms with Crippen molar-refractivity contribution in [1.29, 1.82) is 0 Å². The summed E-state index contributed by atoms with van der Waals surface area (Å²) in [5, 5.41) is 10.4. The molecule has 1 aromatic heterocycles. The normalized spacial score (nSPS) is 16.2. The van der Waals surface area contributed by atoms with Gasteiger partial charge in [0, 0.05) is 17.3 Å². The van der Waals surface area contributed by atoms with E-state index in [1.165, 1.54) is 0 Å². The van der Waals surface area contributed by atoms with Gasteiger partial charge in [-0.1, -0.05) is 36.8 Å². The third-order valence-electron chi connectivity index (χ3n) is 5.53. The Morgan fingerprint density at radius 2 is 1.97 bits per heavy atom. The molecule has 2 aliphatic heterocycles. The number of carbonyl (C=O) groups excluding carboxylic acids is 2. The summed E-state index contributed by atoms with van der Waals surface area (Å²) in [6.45, 7) is 4.22. The van der Waals surface area contributed by atoms with Crippen molar-refractivity contribution in [2.24, 2.45) is 0 Å². The average Bonchev–Trinajstić information content (AvgIpc) is 3.43. The van der Waals surface area contributed by atoms with Crippen LogP contribution in [0.4, 0.5) is 11.5 Å². The number of rotatable bonds is 5. The van der Waals surface area contributed by atoms with Gasteiger partial charge >= 0.3 is 0 Å². The van der Waals surface area contributed by atoms with Crippen LogP contribution in [0.2, 0.25) is 0 Å². The van der Waals surface area contributed by atoms with Crippen molar-refractivity contribution in [3.8, 4) is 22.6 Å². The van der Waals surface area contributed by atoms with Gasteiger partial charge < -0.3 is 20.1 Å². The van der Waals surface area contributed by atoms with E-state index in [-0.39, 0.29) is 25.0 Å². The number of nitrogens with zero attached hydrogens (tertiary/aromatic N) is 2. The predicted molar refractivity (Wildman–Crippen MR) is 115 cm³/mol. The van der Waals surface area contributed by atoms with Crippen LogP contribution in [0.25, 0.3) is 11.1 Å². The minimum absolute atomic E-state index is 0.0224. The molecule has 2 amide bonds. The van der Waals surface area contributed by atoms with E-state index in [4.69, 9.17) is 9.47 Å². The summed E-state index contributed by atoms with van der Waals surface area (Å²) in [7, 11) is 0. The smallest absolute Gasteiger partial charge is 0.251 e. The second kappa shape index (κ2) is 7.46. The summed E-state index contributed by atoms with van der Waals surface area (Å²) < 4.78 is 12.3. The molecular formula is C23H22N4O4. The van der Waals surface area contributed by atoms with E-state index >= 15 is 0 Å². The van der Waals surface area contributed by atoms with E-state index in [0.717, 1.165) is 28.8 Å². The Labute approximate surface area is 179 Å². The van der Waals surface area contributed by atoms with Gasteiger partial charge in [0.05, 0.1) is 12.1 Å². The Bertz CT molecular complexity index is 1180. The van der Waals surface area contributed by atoms with Crippen LogP contribution in [-0.4, -0.2) is 28.4 Å². The maximum atomic E-state index is 12.7. The molecule has 31 heavy (non-hydrogen) atoms. The van der Waals surface area contributed by atoms with Crippen molar-refractivity contribution in [2.45, 2.75) is 32.7 Å². The number of aromatic nitrogens is 2. The van der Waals surface area contributed by atoms with Crippen molar-refractivity contribution >= 4 is 23.3 Å². The molecule has 0 fully saturated rings. The summed E-state index contributed by atoms with van der Waals surface area (Å²) in [6, 6.07) is 12.6. The fourth-order valence-electron chi connectivity index (χ4n) is 3.95. The molecule has 8 heteroatoms. The molecule has 3 heterocycles. The molecular weight excluding hydrogens is 396 g/mol. The summed E-state index contributed by atoms with van der Waals surface area (Å²) in [4.78, 5) is 25.4. The van der Waals surface area contributed by atoms with Crippen LogP contribution in [0, 0.1) is 6.92 Å². The van der Waals surface area contributed by atoms with Gasteiger partial charge in [-0.15, -0.1) is 0 Å². The molecule has 0 saturated heterocycles. The third-order valence-corrected chi connectivity index (χ3v) is 5.53. The van der Waals surface area contributed by atoms with Crippen LogP contribution in [0.3, 0.4) is 0 Å². The first-order chi connectivity index (χ1) is 15.0. The summed E-state index contributed by atoms with van der Waals surface area (Å²) in [5.41, 5.74) is 4.54. The lowest BCUT2D eigenvalue weighted by Gasteiger charge is -2.10. The van der Waals surface area contributed by atoms with E-state index in [2.05, 4.69) is 15.7 Å². The molecule has 1 atom stereocenters. The highest BCUT2D eigenvalue weighted by Gasteiger charge is 2.36. The Morgan fingerprint density at radius 3 is 2.74 bits per heavy atom. The second-order valence-electron chi connectivity index (χ2n) is 7.66. The van der Waals surface area contributed by atoms with Crippen LogP contribution < -0.4 is 20.1 Å². The lowest BCUT2D eigenvalue weighted by atomic mass is 10.0. The predicted octanol–water partition coefficient (Wildman–Crippen LogP) is 3.67. The first kappa shape index (κ1) is 19.2. The van der Waals surface area contributed by atoms with E-state index < -0.39 is 6.04 Å². The van der Waals surface area contributed by atoms with Crippen molar-refractivity contribution in [3.05, 3.63) is 53.7 Å². The Morgan fingerprint density at radius 1 is 1.19 bits per heavy atom. The third kappa shape index (κ3) is 3.39. The van der Waals surface area contributed by atoms with Crippen LogP contribution in [0.1, 0.15) is 30.6 Å². The standard InChI is InChI=1S/C23H22N4O4/c1-3-16-21(14-6-4-13(2)5-7-14)22-25-23(29)17(27(22)26-16)11-20(28)24-15-8-9-18-19(10-15)31-12-30-18/h4-10,17H,3,11-12H2,1-2H3,(H,24,28)(H,25,29). The van der Waals surface area contributed by atoms with Gasteiger partial charge in [0.1, 0.15) is 11.9 Å². The van der Waals surface area contributed by atoms with Crippen molar-refractivity contribution in [1.82, 2.24) is 9.78 Å². The number of nitrogens with one attached hydrogen (secondary N) is 2. The second-order valence-corrected chi connectivity index (χ2v) is 7.66. The Hall–Kier alpha value is -3.81. The lowest BCUT2D eigenvalue weighted by molar-refractivity contribution is -0.123. The molecule has 5 rings (SSSR count). The van der Waals surface area contributed by atoms with E-state index in [9.17, 15) is 9.59 Å². The number of benzene rings is 2. The molecule has 0 bridgehead atoms. The zero-order chi connectivity index (χ0) is 21.5. The fraction of sp³-hybridized carbons (Fsp3) is 0.261. The number of aryl methyl sites for hydroxylation is 2. The molecule has 0 saturated carbocycles. The Kier molecular flexibility index (Phi) is 4.62. The maximum Gasteiger partial charge on any atom is 0.251 e. The number of amides is 2. The number of ether oxygens (including phenoxy) is 2. The molecule has 3 aromatic rings. The minimum Gasteiger partial charge on any atom is -0.454 e. The van der Waals surface area contributed by atoms with Gasteiger partial charge in [0.2, 0.25) is 12.7 Å². The van der Waals surface area contributed by atoms with Crippen molar-refractivity contribution < 1.29 is 19.1 Å². The highest BCUT2D eigenvalue weighted by atomic mass is 16.7. The van der Waals surface area contributed by atoms with Gasteiger partial charge in [0.25, 0.3) is 5.91 Å². The molecule has 2 N–H and O–H groups in total. The zero-order valence-electron chi connectivity index (χ0n) is 17.3. The highest BCUT2D eigenvalue weighted by Crippen LogP contribution is 2.39. The van der Waals surface area contributed by atoms with Crippen LogP contribution >= 0.6 is 0 Å². The minimum atomic E-state index is -0.700. The molecule has 8 nitrogen and oxygen atoms in total. The first-order valence-electron chi connectivity index (χ1n) is 10.2. The van der Waals surface area contributed by atoms with Crippen molar-refractivity contribution in [3.63, 3.8) is 0 Å². The molecule has 158 valence electrons. The van der Waals surface area contributed by atoms with Gasteiger partial charge in [-0.25, -0.2) is 4.68 Å². The largest absolute Gasteiger partial charge is 0.454 e. The van der Waals surface area contributed by atoms with E-state index in [1.54, 1.807) is 22.9 Å². The summed E-state index contributed by atoms with van der Waals surface area (Å²) in [6.07, 6.45) is 0.695. The average molecular weight is 418 g/mol. The number of anilines is 2. The number of fused-ring (bicyclic) bond motifs is 2. The van der Waals surface area contributed by atoms with Crippen LogP contribution in [-0.2, 0) is 16.0 Å². The van der Waals surface area contributed by atoms with Gasteiger partial charge in [-0.3, -0.25) is 9.59 Å². The SMILES string of the molecule is CCc1nn2c(c1-c1ccc(C)cc1)NC(=O)C2CC(=O)Nc1ccc2c(c1)OCO2. The number of hydrogen-bond acceptors (Lipinski definition) is 5.